The zero-order valence-electron chi connectivity index (χ0n) is 36.4. The number of anilines is 8. The Morgan fingerprint density at radius 3 is 1.37 bits per heavy atom. The second-order valence-corrected chi connectivity index (χ2v) is 18.2. The highest BCUT2D eigenvalue weighted by atomic mass is 15.2. The standard InChI is InChI=1S/C60H51N3/c1-59(2)52-27-17-18-28-56(52)63-57-38-33-44(42-29-34-50(35-30-42)61(46-19-9-5-10-20-46)47-21-11-6-12-22-47)39-53(57)60(3,4)55-41-45(40-54(59)58(55)63)43-31-36-51(37-32-43)62(48-23-13-7-14-24-48)49-25-15-8-16-26-49/h5-39,41,45H,40H2,1-4H3. The molecule has 0 radical (unpaired) electrons. The number of nitrogens with zero attached hydrogens (tertiary/aromatic N) is 3. The fourth-order valence-corrected chi connectivity index (χ4v) is 10.5. The van der Waals surface area contributed by atoms with E-state index in [2.05, 4.69) is 261 Å². The van der Waals surface area contributed by atoms with Crippen LogP contribution in [0.3, 0.4) is 0 Å². The van der Waals surface area contributed by atoms with Gasteiger partial charge >= 0.3 is 0 Å². The summed E-state index contributed by atoms with van der Waals surface area (Å²) in [7, 11) is 0. The van der Waals surface area contributed by atoms with E-state index in [1.165, 1.54) is 56.0 Å². The number of hydrogen-bond acceptors (Lipinski definition) is 3. The third kappa shape index (κ3) is 6.50. The first kappa shape index (κ1) is 38.6. The molecular weight excluding hydrogens is 763 g/mol. The molecular formula is C60H51N3. The van der Waals surface area contributed by atoms with Gasteiger partial charge in [-0.2, -0.15) is 0 Å². The molecule has 0 spiro atoms. The second-order valence-electron chi connectivity index (χ2n) is 18.2. The van der Waals surface area contributed by atoms with E-state index in [4.69, 9.17) is 0 Å². The molecule has 0 fully saturated rings. The highest BCUT2D eigenvalue weighted by Crippen LogP contribution is 2.61. The van der Waals surface area contributed by atoms with Crippen molar-refractivity contribution in [2.24, 2.45) is 0 Å². The van der Waals surface area contributed by atoms with Crippen molar-refractivity contribution < 1.29 is 0 Å². The summed E-state index contributed by atoms with van der Waals surface area (Å²) < 4.78 is 0. The summed E-state index contributed by atoms with van der Waals surface area (Å²) in [5.41, 5.74) is 19.8. The summed E-state index contributed by atoms with van der Waals surface area (Å²) in [5, 5.41) is 0. The van der Waals surface area contributed by atoms with E-state index in [9.17, 15) is 0 Å². The predicted molar refractivity (Wildman–Crippen MR) is 265 cm³/mol. The van der Waals surface area contributed by atoms with Gasteiger partial charge in [-0.25, -0.2) is 0 Å². The summed E-state index contributed by atoms with van der Waals surface area (Å²) >= 11 is 0. The van der Waals surface area contributed by atoms with Crippen molar-refractivity contribution in [2.45, 2.75) is 50.9 Å². The molecule has 8 aromatic carbocycles. The lowest BCUT2D eigenvalue weighted by molar-refractivity contribution is 0.518. The molecule has 1 aliphatic carbocycles. The molecule has 2 heterocycles. The van der Waals surface area contributed by atoms with Gasteiger partial charge in [-0.05, 0) is 136 Å². The van der Waals surface area contributed by atoms with Crippen LogP contribution >= 0.6 is 0 Å². The van der Waals surface area contributed by atoms with Crippen LogP contribution in [0.2, 0.25) is 0 Å². The summed E-state index contributed by atoms with van der Waals surface area (Å²) in [6.45, 7) is 9.78. The first-order chi connectivity index (χ1) is 30.8. The molecule has 0 bridgehead atoms. The van der Waals surface area contributed by atoms with Gasteiger partial charge in [0.05, 0.1) is 17.1 Å². The van der Waals surface area contributed by atoms with Crippen LogP contribution in [0.4, 0.5) is 45.5 Å². The lowest BCUT2D eigenvalue weighted by Gasteiger charge is -2.53. The van der Waals surface area contributed by atoms with Crippen LogP contribution in [-0.2, 0) is 10.8 Å². The van der Waals surface area contributed by atoms with Crippen molar-refractivity contribution in [2.75, 3.05) is 14.7 Å². The van der Waals surface area contributed by atoms with Crippen molar-refractivity contribution in [3.63, 3.8) is 0 Å². The first-order valence-electron chi connectivity index (χ1n) is 22.3. The number of para-hydroxylation sites is 5. The van der Waals surface area contributed by atoms with Crippen LogP contribution in [0.5, 0.6) is 0 Å². The molecule has 1 unspecified atom stereocenters. The minimum atomic E-state index is -0.252. The molecule has 63 heavy (non-hydrogen) atoms. The third-order valence-corrected chi connectivity index (χ3v) is 13.8. The zero-order chi connectivity index (χ0) is 42.7. The van der Waals surface area contributed by atoms with E-state index in [-0.39, 0.29) is 16.7 Å². The van der Waals surface area contributed by atoms with Gasteiger partial charge in [-0.15, -0.1) is 0 Å². The minimum absolute atomic E-state index is 0.139. The van der Waals surface area contributed by atoms with Crippen molar-refractivity contribution in [3.8, 4) is 11.1 Å². The number of benzene rings is 8. The third-order valence-electron chi connectivity index (χ3n) is 13.8. The van der Waals surface area contributed by atoms with Gasteiger partial charge in [-0.1, -0.05) is 155 Å². The molecule has 8 aromatic rings. The first-order valence-corrected chi connectivity index (χ1v) is 22.3. The second kappa shape index (κ2) is 15.2. The molecule has 1 atom stereocenters. The van der Waals surface area contributed by atoms with E-state index in [1.54, 1.807) is 0 Å². The molecule has 3 heteroatoms. The summed E-state index contributed by atoms with van der Waals surface area (Å²) in [4.78, 5) is 7.27. The maximum atomic E-state index is 2.61. The van der Waals surface area contributed by atoms with Gasteiger partial charge in [0.1, 0.15) is 0 Å². The van der Waals surface area contributed by atoms with Crippen molar-refractivity contribution in [1.82, 2.24) is 0 Å². The number of rotatable bonds is 8. The summed E-state index contributed by atoms with van der Waals surface area (Å²) in [6, 6.07) is 77.3. The maximum absolute atomic E-state index is 2.61. The molecule has 0 N–H and O–H groups in total. The van der Waals surface area contributed by atoms with E-state index in [0.717, 1.165) is 40.5 Å². The van der Waals surface area contributed by atoms with Crippen molar-refractivity contribution in [3.05, 3.63) is 252 Å². The Hall–Kier alpha value is -7.36. The highest BCUT2D eigenvalue weighted by molar-refractivity contribution is 5.88. The fourth-order valence-electron chi connectivity index (χ4n) is 10.5. The Balaban J connectivity index is 0.998. The lowest BCUT2D eigenvalue weighted by atomic mass is 9.60. The molecule has 0 saturated carbocycles. The van der Waals surface area contributed by atoms with E-state index < -0.39 is 0 Å². The van der Waals surface area contributed by atoms with Crippen LogP contribution in [0.1, 0.15) is 56.7 Å². The number of fused-ring (bicyclic) bond motifs is 4. The average Bonchev–Trinajstić information content (AvgIpc) is 3.33. The fraction of sp³-hybridized carbons (Fsp3) is 0.133. The van der Waals surface area contributed by atoms with E-state index in [0.29, 0.717) is 0 Å². The topological polar surface area (TPSA) is 9.72 Å². The van der Waals surface area contributed by atoms with Gasteiger partial charge in [0, 0.05) is 50.9 Å². The molecule has 11 rings (SSSR count). The highest BCUT2D eigenvalue weighted by Gasteiger charge is 2.49. The normalized spacial score (nSPS) is 16.6. The number of allylic oxidation sites excluding steroid dienone is 3. The monoisotopic (exact) mass is 813 g/mol. The number of hydrogen-bond donors (Lipinski definition) is 0. The Labute approximate surface area is 372 Å². The SMILES string of the molecule is CC1(C)C2=CC(c3ccc(N(c4ccccc4)c4ccccc4)cc3)CC3=C2N(c2ccc(-c4ccc(N(c5ccccc5)c5ccccc5)cc4)cc21)c1ccccc1C3(C)C. The van der Waals surface area contributed by atoms with Gasteiger partial charge in [-0.3, -0.25) is 0 Å². The van der Waals surface area contributed by atoms with Crippen LogP contribution in [0.15, 0.2) is 235 Å². The summed E-state index contributed by atoms with van der Waals surface area (Å²) in [5.74, 6) is 0.231. The molecule has 2 aliphatic heterocycles. The largest absolute Gasteiger partial charge is 0.311 e. The van der Waals surface area contributed by atoms with Crippen molar-refractivity contribution in [1.29, 1.82) is 0 Å². The lowest BCUT2D eigenvalue weighted by Crippen LogP contribution is -2.44. The molecule has 0 aromatic heterocycles. The van der Waals surface area contributed by atoms with E-state index in [1.807, 2.05) is 0 Å². The molecule has 0 amide bonds. The molecule has 3 aliphatic rings. The van der Waals surface area contributed by atoms with Crippen LogP contribution in [0.25, 0.3) is 11.1 Å². The molecule has 0 saturated heterocycles. The van der Waals surface area contributed by atoms with Crippen LogP contribution in [-0.4, -0.2) is 0 Å². The summed E-state index contributed by atoms with van der Waals surface area (Å²) in [6.07, 6.45) is 3.58. The Morgan fingerprint density at radius 2 is 0.841 bits per heavy atom. The van der Waals surface area contributed by atoms with Crippen LogP contribution < -0.4 is 14.7 Å². The van der Waals surface area contributed by atoms with Crippen LogP contribution in [0, 0.1) is 0 Å². The molecule has 306 valence electrons. The Kier molecular flexibility index (Phi) is 9.31. The predicted octanol–water partition coefficient (Wildman–Crippen LogP) is 16.4. The minimum Gasteiger partial charge on any atom is -0.311 e. The average molecular weight is 814 g/mol. The van der Waals surface area contributed by atoms with Gasteiger partial charge < -0.3 is 14.7 Å². The van der Waals surface area contributed by atoms with Crippen molar-refractivity contribution >= 4 is 45.5 Å². The maximum Gasteiger partial charge on any atom is 0.0503 e. The van der Waals surface area contributed by atoms with E-state index >= 15 is 0 Å². The van der Waals surface area contributed by atoms with Gasteiger partial charge in [0.15, 0.2) is 0 Å². The quantitative estimate of drug-likeness (QED) is 0.151. The zero-order valence-corrected chi connectivity index (χ0v) is 36.4. The Bertz CT molecular complexity index is 2920. The Morgan fingerprint density at radius 1 is 0.413 bits per heavy atom. The smallest absolute Gasteiger partial charge is 0.0503 e. The molecule has 3 nitrogen and oxygen atoms in total. The van der Waals surface area contributed by atoms with Gasteiger partial charge in [0.2, 0.25) is 0 Å². The van der Waals surface area contributed by atoms with Gasteiger partial charge in [0.25, 0.3) is 0 Å².